The van der Waals surface area contributed by atoms with Crippen LogP contribution in [0.1, 0.15) is 25.7 Å². The summed E-state index contributed by atoms with van der Waals surface area (Å²) in [6.45, 7) is 1.19. The van der Waals surface area contributed by atoms with Crippen molar-refractivity contribution in [2.75, 3.05) is 6.61 Å². The van der Waals surface area contributed by atoms with Crippen molar-refractivity contribution in [3.8, 4) is 5.69 Å². The van der Waals surface area contributed by atoms with Crippen LogP contribution in [0.3, 0.4) is 0 Å². The molecule has 0 saturated carbocycles. The number of nitrogens with zero attached hydrogens (tertiary/aromatic N) is 2. The van der Waals surface area contributed by atoms with Crippen LogP contribution in [-0.2, 0) is 9.53 Å². The number of carbonyl (C=O) groups excluding carboxylic acids is 3. The summed E-state index contributed by atoms with van der Waals surface area (Å²) >= 11 is 7.07. The van der Waals surface area contributed by atoms with Crippen LogP contribution < -0.4 is 10.9 Å². The molecule has 0 aliphatic carbocycles. The smallest absolute Gasteiger partial charge is 0.348 e. The number of carbonyl (C=O) groups is 3. The van der Waals surface area contributed by atoms with Gasteiger partial charge in [0, 0.05) is 5.39 Å². The summed E-state index contributed by atoms with van der Waals surface area (Å²) in [4.78, 5) is 37.4. The lowest BCUT2D eigenvalue weighted by Gasteiger charge is -2.08. The van der Waals surface area contributed by atoms with Crippen molar-refractivity contribution in [1.82, 2.24) is 20.6 Å². The second kappa shape index (κ2) is 9.39. The molecule has 0 fully saturated rings. The Labute approximate surface area is 195 Å². The van der Waals surface area contributed by atoms with E-state index in [9.17, 15) is 18.8 Å². The molecule has 2 heterocycles. The molecule has 0 aliphatic heterocycles. The summed E-state index contributed by atoms with van der Waals surface area (Å²) in [6.07, 6.45) is 0. The molecule has 0 atom stereocenters. The first-order valence-corrected chi connectivity index (χ1v) is 10.8. The van der Waals surface area contributed by atoms with Gasteiger partial charge in [-0.3, -0.25) is 20.4 Å². The Morgan fingerprint density at radius 1 is 1.12 bits per heavy atom. The molecule has 4 aromatic rings. The van der Waals surface area contributed by atoms with Gasteiger partial charge >= 0.3 is 5.97 Å². The van der Waals surface area contributed by atoms with Crippen LogP contribution in [0.5, 0.6) is 0 Å². The number of aryl methyl sites for hydroxylation is 1. The number of nitrogens with one attached hydrogen (secondary N) is 2. The normalized spacial score (nSPS) is 10.8. The van der Waals surface area contributed by atoms with Crippen molar-refractivity contribution in [2.24, 2.45) is 0 Å². The number of ether oxygens (including phenoxy) is 1. The SMILES string of the molecule is Cc1nn(-c2ccc(F)cc2)c2sc(C(=O)OCC(=O)NNC(=O)c3ccccc3Cl)cc12. The lowest BCUT2D eigenvalue weighted by Crippen LogP contribution is -2.43. The number of rotatable bonds is 5. The highest BCUT2D eigenvalue weighted by molar-refractivity contribution is 7.20. The molecule has 2 aromatic heterocycles. The Hall–Kier alpha value is -3.76. The molecule has 2 amide bonds. The molecule has 0 unspecified atom stereocenters. The maximum Gasteiger partial charge on any atom is 0.348 e. The first kappa shape index (κ1) is 22.4. The van der Waals surface area contributed by atoms with Gasteiger partial charge in [0.25, 0.3) is 11.8 Å². The van der Waals surface area contributed by atoms with Crippen LogP contribution in [-0.4, -0.2) is 34.2 Å². The highest BCUT2D eigenvalue weighted by Crippen LogP contribution is 2.30. The highest BCUT2D eigenvalue weighted by Gasteiger charge is 2.19. The van der Waals surface area contributed by atoms with Crippen molar-refractivity contribution in [3.05, 3.63) is 81.6 Å². The number of benzene rings is 2. The molecular formula is C22H16ClFN4O4S. The first-order valence-electron chi connectivity index (χ1n) is 9.59. The number of esters is 1. The molecule has 168 valence electrons. The van der Waals surface area contributed by atoms with Crippen molar-refractivity contribution < 1.29 is 23.5 Å². The van der Waals surface area contributed by atoms with Crippen molar-refractivity contribution in [1.29, 1.82) is 0 Å². The van der Waals surface area contributed by atoms with Crippen LogP contribution >= 0.6 is 22.9 Å². The highest BCUT2D eigenvalue weighted by atomic mass is 35.5. The molecule has 0 saturated heterocycles. The second-order valence-electron chi connectivity index (χ2n) is 6.86. The van der Waals surface area contributed by atoms with E-state index in [-0.39, 0.29) is 21.3 Å². The zero-order chi connectivity index (χ0) is 23.5. The van der Waals surface area contributed by atoms with E-state index >= 15 is 0 Å². The standard InChI is InChI=1S/C22H16ClFN4O4S/c1-12-16-10-18(33-21(16)28(27-12)14-8-6-13(24)7-9-14)22(31)32-11-19(29)25-26-20(30)15-4-2-3-5-17(15)23/h2-10H,11H2,1H3,(H,25,29)(H,26,30). The molecule has 8 nitrogen and oxygen atoms in total. The number of fused-ring (bicyclic) bond motifs is 1. The van der Waals surface area contributed by atoms with Crippen molar-refractivity contribution in [3.63, 3.8) is 0 Å². The van der Waals surface area contributed by atoms with Gasteiger partial charge in [0.2, 0.25) is 0 Å². The maximum absolute atomic E-state index is 13.2. The minimum absolute atomic E-state index is 0.187. The van der Waals surface area contributed by atoms with Gasteiger partial charge in [-0.05, 0) is 49.4 Å². The van der Waals surface area contributed by atoms with E-state index in [4.69, 9.17) is 16.3 Å². The Kier molecular flexibility index (Phi) is 6.38. The third-order valence-corrected chi connectivity index (χ3v) is 6.01. The Morgan fingerprint density at radius 2 is 1.85 bits per heavy atom. The maximum atomic E-state index is 13.2. The molecule has 0 spiro atoms. The summed E-state index contributed by atoms with van der Waals surface area (Å²) in [5.41, 5.74) is 5.89. The molecule has 0 aliphatic rings. The van der Waals surface area contributed by atoms with Gasteiger partial charge in [0.05, 0.1) is 22.0 Å². The number of halogens is 2. The quantitative estimate of drug-likeness (QED) is 0.330. The lowest BCUT2D eigenvalue weighted by molar-refractivity contribution is -0.125. The third kappa shape index (κ3) is 4.86. The number of hydrogen-bond donors (Lipinski definition) is 2. The summed E-state index contributed by atoms with van der Waals surface area (Å²) in [7, 11) is 0. The minimum atomic E-state index is -0.724. The van der Waals surface area contributed by atoms with Gasteiger partial charge in [-0.25, -0.2) is 13.9 Å². The van der Waals surface area contributed by atoms with E-state index in [1.165, 1.54) is 18.2 Å². The Balaban J connectivity index is 1.38. The number of hydrogen-bond acceptors (Lipinski definition) is 6. The van der Waals surface area contributed by atoms with Gasteiger partial charge in [-0.2, -0.15) is 5.10 Å². The Bertz CT molecular complexity index is 1370. The predicted molar refractivity (Wildman–Crippen MR) is 121 cm³/mol. The van der Waals surface area contributed by atoms with Crippen LogP contribution in [0.25, 0.3) is 15.9 Å². The minimum Gasteiger partial charge on any atom is -0.451 e. The average Bonchev–Trinajstić information content (AvgIpc) is 3.37. The molecule has 11 heteroatoms. The van der Waals surface area contributed by atoms with E-state index in [1.807, 2.05) is 0 Å². The van der Waals surface area contributed by atoms with E-state index in [1.54, 1.807) is 48.0 Å². The average molecular weight is 487 g/mol. The molecule has 4 rings (SSSR count). The number of amides is 2. The number of aromatic nitrogens is 2. The van der Waals surface area contributed by atoms with Gasteiger partial charge in [0.15, 0.2) is 6.61 Å². The zero-order valence-electron chi connectivity index (χ0n) is 17.1. The largest absolute Gasteiger partial charge is 0.451 e. The lowest BCUT2D eigenvalue weighted by atomic mass is 10.2. The second-order valence-corrected chi connectivity index (χ2v) is 8.30. The van der Waals surface area contributed by atoms with Crippen LogP contribution in [0.15, 0.2) is 54.6 Å². The topological polar surface area (TPSA) is 102 Å². The van der Waals surface area contributed by atoms with E-state index in [2.05, 4.69) is 16.0 Å². The van der Waals surface area contributed by atoms with E-state index in [0.717, 1.165) is 16.7 Å². The summed E-state index contributed by atoms with van der Waals surface area (Å²) in [5.74, 6) is -2.39. The van der Waals surface area contributed by atoms with E-state index < -0.39 is 24.4 Å². The van der Waals surface area contributed by atoms with Crippen LogP contribution in [0.4, 0.5) is 4.39 Å². The zero-order valence-corrected chi connectivity index (χ0v) is 18.7. The third-order valence-electron chi connectivity index (χ3n) is 4.59. The van der Waals surface area contributed by atoms with Gasteiger partial charge in [-0.1, -0.05) is 23.7 Å². The summed E-state index contributed by atoms with van der Waals surface area (Å²) in [5, 5.41) is 5.41. The van der Waals surface area contributed by atoms with Crippen LogP contribution in [0.2, 0.25) is 5.02 Å². The van der Waals surface area contributed by atoms with Crippen LogP contribution in [0, 0.1) is 12.7 Å². The predicted octanol–water partition coefficient (Wildman–Crippen LogP) is 3.81. The molecule has 2 N–H and O–H groups in total. The first-order chi connectivity index (χ1) is 15.8. The molecular weight excluding hydrogens is 471 g/mol. The summed E-state index contributed by atoms with van der Waals surface area (Å²) < 4.78 is 19.9. The number of thiophene rings is 1. The van der Waals surface area contributed by atoms with Gasteiger partial charge in [0.1, 0.15) is 15.5 Å². The Morgan fingerprint density at radius 3 is 2.58 bits per heavy atom. The monoisotopic (exact) mass is 486 g/mol. The van der Waals surface area contributed by atoms with Crippen molar-refractivity contribution >= 4 is 50.9 Å². The number of hydrazine groups is 1. The van der Waals surface area contributed by atoms with Gasteiger partial charge < -0.3 is 4.74 Å². The molecule has 33 heavy (non-hydrogen) atoms. The molecule has 0 radical (unpaired) electrons. The van der Waals surface area contributed by atoms with Gasteiger partial charge in [-0.15, -0.1) is 11.3 Å². The molecule has 0 bridgehead atoms. The fourth-order valence-electron chi connectivity index (χ4n) is 2.98. The molecule has 2 aromatic carbocycles. The fourth-order valence-corrected chi connectivity index (χ4v) is 4.28. The summed E-state index contributed by atoms with van der Waals surface area (Å²) in [6, 6.07) is 13.8. The van der Waals surface area contributed by atoms with Crippen molar-refractivity contribution in [2.45, 2.75) is 6.92 Å². The fraction of sp³-hybridized carbons (Fsp3) is 0.0909. The van der Waals surface area contributed by atoms with E-state index in [0.29, 0.717) is 16.2 Å².